The first-order chi connectivity index (χ1) is 14.5. The second kappa shape index (κ2) is 8.21. The normalized spacial score (nSPS) is 15.4. The van der Waals surface area contributed by atoms with Crippen molar-refractivity contribution in [3.63, 3.8) is 0 Å². The number of methoxy groups -OCH3 is 1. The number of carbonyl (C=O) groups is 1. The van der Waals surface area contributed by atoms with Crippen molar-refractivity contribution in [1.29, 1.82) is 0 Å². The number of nitrogens with zero attached hydrogens (tertiary/aromatic N) is 3. The van der Waals surface area contributed by atoms with E-state index in [1.54, 1.807) is 35.6 Å². The SMILES string of the molecule is C=CCC1=C/C(=C/c2c(N)n3nc(Cc4cccs4)sc3nc2=O)C=C(OC)C1=O. The van der Waals surface area contributed by atoms with Crippen molar-refractivity contribution in [2.45, 2.75) is 12.8 Å². The van der Waals surface area contributed by atoms with Crippen LogP contribution in [0.2, 0.25) is 0 Å². The lowest BCUT2D eigenvalue weighted by Gasteiger charge is -2.14. The summed E-state index contributed by atoms with van der Waals surface area (Å²) >= 11 is 2.98. The third-order valence-electron chi connectivity index (χ3n) is 4.49. The summed E-state index contributed by atoms with van der Waals surface area (Å²) in [5.41, 5.74) is 7.18. The van der Waals surface area contributed by atoms with Crippen LogP contribution < -0.4 is 11.3 Å². The molecule has 7 nitrogen and oxygen atoms in total. The predicted molar refractivity (Wildman–Crippen MR) is 120 cm³/mol. The van der Waals surface area contributed by atoms with Gasteiger partial charge in [0.05, 0.1) is 12.7 Å². The second-order valence-corrected chi connectivity index (χ2v) is 8.58. The number of nitrogen functional groups attached to an aromatic ring is 1. The summed E-state index contributed by atoms with van der Waals surface area (Å²) in [6.45, 7) is 3.68. The van der Waals surface area contributed by atoms with Gasteiger partial charge in [0.15, 0.2) is 5.76 Å². The minimum atomic E-state index is -0.450. The van der Waals surface area contributed by atoms with E-state index in [1.807, 2.05) is 17.5 Å². The Kier molecular flexibility index (Phi) is 5.47. The quantitative estimate of drug-likeness (QED) is 0.592. The number of nitrogens with two attached hydrogens (primary N) is 1. The third-order valence-corrected chi connectivity index (χ3v) is 6.27. The number of allylic oxidation sites excluding steroid dienone is 5. The lowest BCUT2D eigenvalue weighted by molar-refractivity contribution is -0.115. The van der Waals surface area contributed by atoms with Crippen molar-refractivity contribution in [2.75, 3.05) is 12.8 Å². The Balaban J connectivity index is 1.78. The van der Waals surface area contributed by atoms with Gasteiger partial charge in [-0.15, -0.1) is 17.9 Å². The first-order valence-electron chi connectivity index (χ1n) is 9.04. The van der Waals surface area contributed by atoms with Gasteiger partial charge in [0.25, 0.3) is 5.56 Å². The largest absolute Gasteiger partial charge is 0.493 e. The van der Waals surface area contributed by atoms with E-state index >= 15 is 0 Å². The first kappa shape index (κ1) is 20.0. The molecule has 0 bridgehead atoms. The van der Waals surface area contributed by atoms with Gasteiger partial charge in [0, 0.05) is 16.9 Å². The Bertz CT molecular complexity index is 1290. The van der Waals surface area contributed by atoms with E-state index in [-0.39, 0.29) is 22.9 Å². The second-order valence-electron chi connectivity index (χ2n) is 6.51. The summed E-state index contributed by atoms with van der Waals surface area (Å²) in [4.78, 5) is 30.8. The number of thiophene rings is 1. The zero-order valence-electron chi connectivity index (χ0n) is 16.1. The molecule has 3 aromatic rings. The van der Waals surface area contributed by atoms with Gasteiger partial charge < -0.3 is 10.5 Å². The molecule has 0 radical (unpaired) electrons. The number of carbonyl (C=O) groups excluding carboxylic acids is 1. The highest BCUT2D eigenvalue weighted by Crippen LogP contribution is 2.26. The number of ketones is 1. The van der Waals surface area contributed by atoms with Crippen LogP contribution in [0.5, 0.6) is 0 Å². The standard InChI is InChI=1S/C21H18N4O3S2/c1-3-5-13-8-12(10-16(28-2)18(13)26)9-15-19(22)25-21(23-20(15)27)30-17(24-25)11-14-6-4-7-29-14/h3-4,6-10H,1,5,11,22H2,2H3/b12-9-. The van der Waals surface area contributed by atoms with Gasteiger partial charge in [-0.25, -0.2) is 0 Å². The number of aromatic nitrogens is 3. The summed E-state index contributed by atoms with van der Waals surface area (Å²) < 4.78 is 6.68. The lowest BCUT2D eigenvalue weighted by Crippen LogP contribution is -2.17. The van der Waals surface area contributed by atoms with Crippen LogP contribution in [0, 0.1) is 0 Å². The molecule has 3 heterocycles. The Hall–Kier alpha value is -3.30. The smallest absolute Gasteiger partial charge is 0.283 e. The number of rotatable bonds is 6. The fourth-order valence-corrected chi connectivity index (χ4v) is 4.80. The van der Waals surface area contributed by atoms with Crippen LogP contribution in [0.25, 0.3) is 11.0 Å². The minimum Gasteiger partial charge on any atom is -0.493 e. The van der Waals surface area contributed by atoms with Crippen LogP contribution in [-0.4, -0.2) is 27.5 Å². The van der Waals surface area contributed by atoms with E-state index in [1.165, 1.54) is 27.8 Å². The Morgan fingerprint density at radius 1 is 1.33 bits per heavy atom. The van der Waals surface area contributed by atoms with Crippen molar-refractivity contribution in [2.24, 2.45) is 0 Å². The van der Waals surface area contributed by atoms with Crippen LogP contribution in [0.3, 0.4) is 0 Å². The molecule has 0 saturated heterocycles. The molecule has 0 aromatic carbocycles. The maximum atomic E-state index is 12.7. The van der Waals surface area contributed by atoms with E-state index in [9.17, 15) is 9.59 Å². The molecule has 4 rings (SSSR count). The van der Waals surface area contributed by atoms with Crippen LogP contribution in [0.4, 0.5) is 5.82 Å². The van der Waals surface area contributed by atoms with Gasteiger partial charge >= 0.3 is 0 Å². The molecule has 0 spiro atoms. The fraction of sp³-hybridized carbons (Fsp3) is 0.143. The molecule has 1 aliphatic carbocycles. The summed E-state index contributed by atoms with van der Waals surface area (Å²) in [6, 6.07) is 4.02. The zero-order valence-corrected chi connectivity index (χ0v) is 17.8. The van der Waals surface area contributed by atoms with Gasteiger partial charge in [-0.05, 0) is 41.7 Å². The highest BCUT2D eigenvalue weighted by molar-refractivity contribution is 7.17. The fourth-order valence-electron chi connectivity index (χ4n) is 3.08. The van der Waals surface area contributed by atoms with Crippen molar-refractivity contribution >= 4 is 45.3 Å². The van der Waals surface area contributed by atoms with E-state index in [2.05, 4.69) is 16.7 Å². The minimum absolute atomic E-state index is 0.195. The van der Waals surface area contributed by atoms with Gasteiger partial charge in [-0.2, -0.15) is 14.6 Å². The van der Waals surface area contributed by atoms with E-state index in [0.29, 0.717) is 28.9 Å². The molecule has 0 unspecified atom stereocenters. The van der Waals surface area contributed by atoms with Crippen LogP contribution in [-0.2, 0) is 16.0 Å². The Morgan fingerprint density at radius 2 is 2.17 bits per heavy atom. The van der Waals surface area contributed by atoms with Crippen LogP contribution in [0.1, 0.15) is 21.9 Å². The topological polar surface area (TPSA) is 99.6 Å². The van der Waals surface area contributed by atoms with Crippen LogP contribution in [0.15, 0.2) is 64.0 Å². The highest BCUT2D eigenvalue weighted by Gasteiger charge is 2.21. The lowest BCUT2D eigenvalue weighted by atomic mass is 9.95. The molecule has 0 saturated carbocycles. The highest BCUT2D eigenvalue weighted by atomic mass is 32.1. The number of fused-ring (bicyclic) bond motifs is 1. The van der Waals surface area contributed by atoms with Gasteiger partial charge in [0.2, 0.25) is 10.7 Å². The van der Waals surface area contributed by atoms with E-state index in [4.69, 9.17) is 10.5 Å². The molecular formula is C21H18N4O3S2. The summed E-state index contributed by atoms with van der Waals surface area (Å²) in [5.74, 6) is 0.194. The van der Waals surface area contributed by atoms with E-state index in [0.717, 1.165) is 5.01 Å². The molecule has 30 heavy (non-hydrogen) atoms. The van der Waals surface area contributed by atoms with Crippen LogP contribution >= 0.6 is 22.7 Å². The summed E-state index contributed by atoms with van der Waals surface area (Å²) in [6.07, 6.45) is 7.56. The Labute approximate surface area is 180 Å². The third kappa shape index (κ3) is 3.77. The molecule has 1 aliphatic rings. The predicted octanol–water partition coefficient (Wildman–Crippen LogP) is 3.38. The maximum Gasteiger partial charge on any atom is 0.283 e. The monoisotopic (exact) mass is 438 g/mol. The average Bonchev–Trinajstić information content (AvgIpc) is 3.37. The van der Waals surface area contributed by atoms with E-state index < -0.39 is 5.56 Å². The number of anilines is 1. The van der Waals surface area contributed by atoms with Crippen molar-refractivity contribution < 1.29 is 9.53 Å². The van der Waals surface area contributed by atoms with Crippen molar-refractivity contribution in [1.82, 2.24) is 14.6 Å². The first-order valence-corrected chi connectivity index (χ1v) is 10.7. The van der Waals surface area contributed by atoms with Crippen molar-refractivity contribution in [3.8, 4) is 0 Å². The molecule has 0 aliphatic heterocycles. The number of hydrogen-bond acceptors (Lipinski definition) is 8. The number of Topliss-reactive ketones (excluding diaryl/α,β-unsaturated/α-hetero) is 1. The molecular weight excluding hydrogens is 420 g/mol. The Morgan fingerprint density at radius 3 is 2.87 bits per heavy atom. The molecule has 2 N–H and O–H groups in total. The summed E-state index contributed by atoms with van der Waals surface area (Å²) in [7, 11) is 1.43. The maximum absolute atomic E-state index is 12.7. The number of hydrogen-bond donors (Lipinski definition) is 1. The van der Waals surface area contributed by atoms with Gasteiger partial charge in [0.1, 0.15) is 10.8 Å². The van der Waals surface area contributed by atoms with Gasteiger partial charge in [-0.1, -0.05) is 23.5 Å². The molecule has 3 aromatic heterocycles. The molecule has 152 valence electrons. The van der Waals surface area contributed by atoms with Gasteiger partial charge in [-0.3, -0.25) is 9.59 Å². The molecule has 0 amide bonds. The number of ether oxygens (including phenoxy) is 1. The molecule has 0 atom stereocenters. The zero-order chi connectivity index (χ0) is 21.3. The summed E-state index contributed by atoms with van der Waals surface area (Å²) in [5, 5.41) is 7.36. The average molecular weight is 439 g/mol. The molecule has 9 heteroatoms. The molecule has 0 fully saturated rings. The van der Waals surface area contributed by atoms with Crippen molar-refractivity contribution in [3.05, 3.63) is 85.0 Å².